The number of carbonyl (C=O) groups excluding carboxylic acids is 2. The minimum absolute atomic E-state index is 0.152. The van der Waals surface area contributed by atoms with Crippen LogP contribution in [0.5, 0.6) is 0 Å². The van der Waals surface area contributed by atoms with Crippen LogP contribution in [0.1, 0.15) is 49.7 Å². The van der Waals surface area contributed by atoms with Crippen molar-refractivity contribution in [3.05, 3.63) is 35.4 Å². The van der Waals surface area contributed by atoms with Crippen LogP contribution in [0.4, 0.5) is 0 Å². The normalized spacial score (nSPS) is 28.5. The maximum Gasteiger partial charge on any atom is 0.248 e. The number of benzene rings is 1. The summed E-state index contributed by atoms with van der Waals surface area (Å²) in [5, 5.41) is 0. The molecule has 2 heterocycles. The van der Waals surface area contributed by atoms with Crippen molar-refractivity contribution in [2.75, 3.05) is 20.1 Å². The van der Waals surface area contributed by atoms with Crippen molar-refractivity contribution in [2.24, 2.45) is 0 Å². The van der Waals surface area contributed by atoms with Gasteiger partial charge in [0.15, 0.2) is 0 Å². The summed E-state index contributed by atoms with van der Waals surface area (Å²) in [5.74, 6) is 0.340. The summed E-state index contributed by atoms with van der Waals surface area (Å²) in [6, 6.07) is 8.36. The molecule has 0 radical (unpaired) electrons. The van der Waals surface area contributed by atoms with Crippen LogP contribution in [-0.2, 0) is 15.0 Å². The molecule has 2 aliphatic heterocycles. The zero-order chi connectivity index (χ0) is 16.9. The Labute approximate surface area is 143 Å². The number of nitrogens with zero attached hydrogens (tertiary/aromatic N) is 2. The van der Waals surface area contributed by atoms with Gasteiger partial charge in [-0.1, -0.05) is 29.8 Å². The summed E-state index contributed by atoms with van der Waals surface area (Å²) in [7, 11) is 1.87. The maximum atomic E-state index is 13.5. The average molecular weight is 326 g/mol. The first-order chi connectivity index (χ1) is 11.5. The second-order valence-corrected chi connectivity index (χ2v) is 7.87. The quantitative estimate of drug-likeness (QED) is 0.838. The molecule has 1 aliphatic carbocycles. The van der Waals surface area contributed by atoms with Crippen molar-refractivity contribution in [2.45, 2.75) is 56.4 Å². The molecule has 0 bridgehead atoms. The number of hydrogen-bond acceptors (Lipinski definition) is 2. The average Bonchev–Trinajstić information content (AvgIpc) is 3.28. The Morgan fingerprint density at radius 3 is 2.25 bits per heavy atom. The van der Waals surface area contributed by atoms with Crippen LogP contribution in [-0.4, -0.2) is 47.3 Å². The van der Waals surface area contributed by atoms with E-state index in [9.17, 15) is 9.59 Å². The lowest BCUT2D eigenvalue weighted by atomic mass is 9.84. The van der Waals surface area contributed by atoms with Crippen LogP contribution < -0.4 is 0 Å². The molecule has 1 saturated carbocycles. The maximum absolute atomic E-state index is 13.5. The molecule has 1 spiro atoms. The molecule has 1 aromatic carbocycles. The van der Waals surface area contributed by atoms with Gasteiger partial charge in [-0.25, -0.2) is 0 Å². The van der Waals surface area contributed by atoms with Gasteiger partial charge in [-0.2, -0.15) is 0 Å². The van der Waals surface area contributed by atoms with E-state index in [0.29, 0.717) is 0 Å². The number of amides is 2. The molecule has 4 heteroatoms. The van der Waals surface area contributed by atoms with E-state index in [1.54, 1.807) is 0 Å². The molecule has 128 valence electrons. The monoisotopic (exact) mass is 326 g/mol. The van der Waals surface area contributed by atoms with Gasteiger partial charge in [0.1, 0.15) is 5.54 Å². The predicted molar refractivity (Wildman–Crippen MR) is 92.6 cm³/mol. The fourth-order valence-electron chi connectivity index (χ4n) is 4.71. The van der Waals surface area contributed by atoms with Gasteiger partial charge in [-0.3, -0.25) is 9.59 Å². The standard InChI is InChI=1S/C20H26N2O2/c1-15-5-7-16(8-6-15)19(11-12-19)17(23)22-14-4-10-20(22)9-3-13-21(2)18(20)24/h5-8H,3-4,9-14H2,1-2H3. The van der Waals surface area contributed by atoms with Gasteiger partial charge in [-0.05, 0) is 51.0 Å². The lowest BCUT2D eigenvalue weighted by Crippen LogP contribution is -2.61. The molecule has 1 unspecified atom stereocenters. The Balaban J connectivity index is 1.66. The van der Waals surface area contributed by atoms with Gasteiger partial charge in [0.2, 0.25) is 11.8 Å². The lowest BCUT2D eigenvalue weighted by molar-refractivity contribution is -0.155. The number of likely N-dealkylation sites (tertiary alicyclic amines) is 2. The Kier molecular flexibility index (Phi) is 3.48. The Morgan fingerprint density at radius 2 is 1.62 bits per heavy atom. The molecule has 0 N–H and O–H groups in total. The van der Waals surface area contributed by atoms with E-state index in [4.69, 9.17) is 0 Å². The van der Waals surface area contributed by atoms with E-state index < -0.39 is 5.54 Å². The van der Waals surface area contributed by atoms with E-state index in [1.165, 1.54) is 5.56 Å². The fraction of sp³-hybridized carbons (Fsp3) is 0.600. The van der Waals surface area contributed by atoms with Gasteiger partial charge >= 0.3 is 0 Å². The molecular weight excluding hydrogens is 300 g/mol. The minimum Gasteiger partial charge on any atom is -0.344 e. The van der Waals surface area contributed by atoms with E-state index >= 15 is 0 Å². The topological polar surface area (TPSA) is 40.6 Å². The highest BCUT2D eigenvalue weighted by molar-refractivity contribution is 5.98. The molecular formula is C20H26N2O2. The summed E-state index contributed by atoms with van der Waals surface area (Å²) in [6.07, 6.45) is 5.40. The fourth-order valence-corrected chi connectivity index (χ4v) is 4.71. The van der Waals surface area contributed by atoms with Crippen molar-refractivity contribution >= 4 is 11.8 Å². The first kappa shape index (κ1) is 15.7. The van der Waals surface area contributed by atoms with E-state index in [2.05, 4.69) is 31.2 Å². The smallest absolute Gasteiger partial charge is 0.248 e. The third kappa shape index (κ3) is 2.11. The molecule has 1 atom stereocenters. The Bertz CT molecular complexity index is 677. The van der Waals surface area contributed by atoms with Crippen molar-refractivity contribution < 1.29 is 9.59 Å². The van der Waals surface area contributed by atoms with E-state index in [1.807, 2.05) is 16.8 Å². The molecule has 4 rings (SSSR count). The van der Waals surface area contributed by atoms with Gasteiger partial charge in [-0.15, -0.1) is 0 Å². The second kappa shape index (κ2) is 5.33. The summed E-state index contributed by atoms with van der Waals surface area (Å²) in [5.41, 5.74) is 1.40. The van der Waals surface area contributed by atoms with Crippen LogP contribution in [0, 0.1) is 6.92 Å². The Morgan fingerprint density at radius 1 is 1.00 bits per heavy atom. The van der Waals surface area contributed by atoms with Crippen molar-refractivity contribution in [3.8, 4) is 0 Å². The minimum atomic E-state index is -0.565. The zero-order valence-electron chi connectivity index (χ0n) is 14.7. The third-order valence-corrected chi connectivity index (χ3v) is 6.33. The molecule has 3 aliphatic rings. The first-order valence-corrected chi connectivity index (χ1v) is 9.14. The summed E-state index contributed by atoms with van der Waals surface area (Å²) in [6.45, 7) is 3.61. The van der Waals surface area contributed by atoms with Crippen LogP contribution in [0.2, 0.25) is 0 Å². The first-order valence-electron chi connectivity index (χ1n) is 9.14. The number of hydrogen-bond donors (Lipinski definition) is 0. The number of carbonyl (C=O) groups is 2. The second-order valence-electron chi connectivity index (χ2n) is 7.87. The SMILES string of the molecule is Cc1ccc(C2(C(=O)N3CCCC34CCCN(C)C4=O)CC2)cc1. The van der Waals surface area contributed by atoms with Crippen molar-refractivity contribution in [1.29, 1.82) is 0 Å². The Hall–Kier alpha value is -1.84. The third-order valence-electron chi connectivity index (χ3n) is 6.33. The van der Waals surface area contributed by atoms with Crippen molar-refractivity contribution in [1.82, 2.24) is 9.80 Å². The number of likely N-dealkylation sites (N-methyl/N-ethyl adjacent to an activating group) is 1. The van der Waals surface area contributed by atoms with Gasteiger partial charge in [0, 0.05) is 20.1 Å². The van der Waals surface area contributed by atoms with Crippen LogP contribution in [0.15, 0.2) is 24.3 Å². The van der Waals surface area contributed by atoms with E-state index in [0.717, 1.165) is 57.2 Å². The van der Waals surface area contributed by atoms with Gasteiger partial charge < -0.3 is 9.80 Å². The summed E-state index contributed by atoms with van der Waals surface area (Å²) >= 11 is 0. The highest BCUT2D eigenvalue weighted by Gasteiger charge is 2.60. The number of rotatable bonds is 2. The van der Waals surface area contributed by atoms with Crippen LogP contribution in [0.3, 0.4) is 0 Å². The molecule has 2 saturated heterocycles. The van der Waals surface area contributed by atoms with Crippen LogP contribution in [0.25, 0.3) is 0 Å². The molecule has 2 amide bonds. The highest BCUT2D eigenvalue weighted by atomic mass is 16.2. The largest absolute Gasteiger partial charge is 0.344 e. The van der Waals surface area contributed by atoms with Crippen LogP contribution >= 0.6 is 0 Å². The van der Waals surface area contributed by atoms with E-state index in [-0.39, 0.29) is 17.2 Å². The number of piperidine rings is 1. The molecule has 4 nitrogen and oxygen atoms in total. The molecule has 3 fully saturated rings. The zero-order valence-corrected chi connectivity index (χ0v) is 14.7. The molecule has 1 aromatic rings. The highest BCUT2D eigenvalue weighted by Crippen LogP contribution is 2.52. The lowest BCUT2D eigenvalue weighted by Gasteiger charge is -2.44. The molecule has 24 heavy (non-hydrogen) atoms. The van der Waals surface area contributed by atoms with Gasteiger partial charge in [0.05, 0.1) is 5.41 Å². The predicted octanol–water partition coefficient (Wildman–Crippen LogP) is 2.64. The number of aryl methyl sites for hydroxylation is 1. The summed E-state index contributed by atoms with van der Waals surface area (Å²) < 4.78 is 0. The van der Waals surface area contributed by atoms with Crippen molar-refractivity contribution in [3.63, 3.8) is 0 Å². The summed E-state index contributed by atoms with van der Waals surface area (Å²) in [4.78, 5) is 30.2. The molecule has 0 aromatic heterocycles. The van der Waals surface area contributed by atoms with Gasteiger partial charge in [0.25, 0.3) is 0 Å².